The van der Waals surface area contributed by atoms with Crippen LogP contribution >= 0.6 is 11.6 Å². The first-order valence-electron chi connectivity index (χ1n) is 12.3. The van der Waals surface area contributed by atoms with Crippen molar-refractivity contribution in [3.63, 3.8) is 0 Å². The standard InChI is InChI=1S/C27H38ClN3O4S/c1-6-16-29-27(33)25(7-2)30(19-22-11-8-9-12-24(22)28)26(32)13-10-17-31(36(5,34)35)23-15-14-20(3)21(4)18-23/h8-9,11-12,14-15,18,25H,6-7,10,13,16-17,19H2,1-5H3,(H,29,33)/t25-/m1/s1. The first-order chi connectivity index (χ1) is 17.0. The highest BCUT2D eigenvalue weighted by Gasteiger charge is 2.29. The van der Waals surface area contributed by atoms with Gasteiger partial charge in [0.1, 0.15) is 6.04 Å². The molecular formula is C27H38ClN3O4S. The van der Waals surface area contributed by atoms with Gasteiger partial charge in [-0.15, -0.1) is 0 Å². The SMILES string of the molecule is CCCNC(=O)[C@@H](CC)N(Cc1ccccc1Cl)C(=O)CCCN(c1ccc(C)c(C)c1)S(C)(=O)=O. The molecule has 1 N–H and O–H groups in total. The van der Waals surface area contributed by atoms with Crippen molar-refractivity contribution in [1.29, 1.82) is 0 Å². The highest BCUT2D eigenvalue weighted by atomic mass is 35.5. The number of carbonyl (C=O) groups is 2. The molecule has 0 aliphatic rings. The van der Waals surface area contributed by atoms with E-state index in [-0.39, 0.29) is 31.3 Å². The average Bonchev–Trinajstić information content (AvgIpc) is 2.82. The summed E-state index contributed by atoms with van der Waals surface area (Å²) in [6, 6.07) is 12.1. The third-order valence-corrected chi connectivity index (χ3v) is 7.73. The van der Waals surface area contributed by atoms with Crippen LogP contribution in [0.15, 0.2) is 42.5 Å². The van der Waals surface area contributed by atoms with Gasteiger partial charge in [0.15, 0.2) is 0 Å². The van der Waals surface area contributed by atoms with Crippen LogP contribution in [0.4, 0.5) is 5.69 Å². The molecule has 0 bridgehead atoms. The van der Waals surface area contributed by atoms with Gasteiger partial charge in [-0.1, -0.05) is 49.7 Å². The molecule has 0 saturated heterocycles. The normalized spacial score (nSPS) is 12.2. The number of hydrogen-bond acceptors (Lipinski definition) is 4. The van der Waals surface area contributed by atoms with E-state index in [1.807, 2.05) is 58.0 Å². The molecule has 2 rings (SSSR count). The van der Waals surface area contributed by atoms with Gasteiger partial charge < -0.3 is 10.2 Å². The number of anilines is 1. The van der Waals surface area contributed by atoms with Gasteiger partial charge in [-0.05, 0) is 68.0 Å². The molecule has 0 saturated carbocycles. The van der Waals surface area contributed by atoms with Gasteiger partial charge in [0.2, 0.25) is 21.8 Å². The molecule has 0 radical (unpaired) electrons. The third-order valence-electron chi connectivity index (χ3n) is 6.16. The molecule has 1 atom stereocenters. The molecule has 2 aromatic rings. The van der Waals surface area contributed by atoms with Gasteiger partial charge in [-0.25, -0.2) is 8.42 Å². The molecule has 0 spiro atoms. The number of nitrogens with zero attached hydrogens (tertiary/aromatic N) is 2. The van der Waals surface area contributed by atoms with E-state index in [1.165, 1.54) is 10.6 Å². The van der Waals surface area contributed by atoms with Gasteiger partial charge in [-0.3, -0.25) is 13.9 Å². The molecule has 198 valence electrons. The third kappa shape index (κ3) is 8.23. The summed E-state index contributed by atoms with van der Waals surface area (Å²) in [7, 11) is -3.54. The van der Waals surface area contributed by atoms with Crippen LogP contribution in [0.25, 0.3) is 0 Å². The Morgan fingerprint density at radius 2 is 1.75 bits per heavy atom. The first kappa shape index (κ1) is 29.6. The summed E-state index contributed by atoms with van der Waals surface area (Å²) in [4.78, 5) is 27.9. The Hall–Kier alpha value is -2.58. The Morgan fingerprint density at radius 1 is 1.06 bits per heavy atom. The summed E-state index contributed by atoms with van der Waals surface area (Å²) >= 11 is 6.36. The van der Waals surface area contributed by atoms with Crippen molar-refractivity contribution in [1.82, 2.24) is 10.2 Å². The van der Waals surface area contributed by atoms with Crippen molar-refractivity contribution >= 4 is 39.1 Å². The zero-order chi connectivity index (χ0) is 26.9. The van der Waals surface area contributed by atoms with Crippen LogP contribution in [0, 0.1) is 13.8 Å². The number of benzene rings is 2. The summed E-state index contributed by atoms with van der Waals surface area (Å²) in [5.74, 6) is -0.422. The number of hydrogen-bond donors (Lipinski definition) is 1. The zero-order valence-corrected chi connectivity index (χ0v) is 23.5. The van der Waals surface area contributed by atoms with Crippen LogP contribution in [0.3, 0.4) is 0 Å². The number of sulfonamides is 1. The van der Waals surface area contributed by atoms with Crippen LogP contribution < -0.4 is 9.62 Å². The number of nitrogens with one attached hydrogen (secondary N) is 1. The monoisotopic (exact) mass is 535 g/mol. The average molecular weight is 536 g/mol. The quantitative estimate of drug-likeness (QED) is 0.398. The lowest BCUT2D eigenvalue weighted by Crippen LogP contribution is -2.49. The predicted octanol–water partition coefficient (Wildman–Crippen LogP) is 4.84. The van der Waals surface area contributed by atoms with E-state index in [9.17, 15) is 18.0 Å². The van der Waals surface area contributed by atoms with Gasteiger partial charge in [0, 0.05) is 31.1 Å². The topological polar surface area (TPSA) is 86.8 Å². The molecule has 7 nitrogen and oxygen atoms in total. The second-order valence-corrected chi connectivity index (χ2v) is 11.3. The number of rotatable bonds is 13. The Kier molecular flexibility index (Phi) is 11.2. The van der Waals surface area contributed by atoms with Crippen molar-refractivity contribution in [2.24, 2.45) is 0 Å². The van der Waals surface area contributed by atoms with E-state index in [1.54, 1.807) is 17.0 Å². The minimum absolute atomic E-state index is 0.0961. The van der Waals surface area contributed by atoms with E-state index in [2.05, 4.69) is 5.32 Å². The summed E-state index contributed by atoms with van der Waals surface area (Å²) in [6.45, 7) is 8.63. The summed E-state index contributed by atoms with van der Waals surface area (Å²) < 4.78 is 26.4. The van der Waals surface area contributed by atoms with Crippen molar-refractivity contribution in [2.75, 3.05) is 23.7 Å². The van der Waals surface area contributed by atoms with Crippen LogP contribution in [-0.4, -0.2) is 50.5 Å². The van der Waals surface area contributed by atoms with Crippen molar-refractivity contribution in [2.45, 2.75) is 66.0 Å². The highest BCUT2D eigenvalue weighted by molar-refractivity contribution is 7.92. The second-order valence-electron chi connectivity index (χ2n) is 9.04. The number of amides is 2. The molecule has 0 aliphatic heterocycles. The Bertz CT molecular complexity index is 1150. The molecule has 36 heavy (non-hydrogen) atoms. The van der Waals surface area contributed by atoms with Gasteiger partial charge in [-0.2, -0.15) is 0 Å². The van der Waals surface area contributed by atoms with Crippen LogP contribution in [0.1, 0.15) is 56.2 Å². The van der Waals surface area contributed by atoms with E-state index in [0.29, 0.717) is 30.1 Å². The maximum atomic E-state index is 13.4. The maximum absolute atomic E-state index is 13.4. The van der Waals surface area contributed by atoms with E-state index < -0.39 is 16.1 Å². The summed E-state index contributed by atoms with van der Waals surface area (Å²) in [5, 5.41) is 3.42. The maximum Gasteiger partial charge on any atom is 0.242 e. The first-order valence-corrected chi connectivity index (χ1v) is 14.6. The number of aryl methyl sites for hydroxylation is 2. The van der Waals surface area contributed by atoms with E-state index in [0.717, 1.165) is 23.1 Å². The molecule has 9 heteroatoms. The van der Waals surface area contributed by atoms with Crippen molar-refractivity contribution in [3.05, 3.63) is 64.2 Å². The Morgan fingerprint density at radius 3 is 2.33 bits per heavy atom. The fraction of sp³-hybridized carbons (Fsp3) is 0.481. The minimum atomic E-state index is -3.54. The molecule has 2 amide bonds. The van der Waals surface area contributed by atoms with E-state index >= 15 is 0 Å². The summed E-state index contributed by atoms with van der Waals surface area (Å²) in [5.41, 5.74) is 3.39. The summed E-state index contributed by atoms with van der Waals surface area (Å²) in [6.07, 6.45) is 2.81. The van der Waals surface area contributed by atoms with Crippen LogP contribution in [0.2, 0.25) is 5.02 Å². The van der Waals surface area contributed by atoms with Gasteiger partial charge >= 0.3 is 0 Å². The molecule has 0 fully saturated rings. The van der Waals surface area contributed by atoms with Crippen LogP contribution in [0.5, 0.6) is 0 Å². The molecule has 2 aromatic carbocycles. The predicted molar refractivity (Wildman–Crippen MR) is 147 cm³/mol. The fourth-order valence-corrected chi connectivity index (χ4v) is 5.13. The van der Waals surface area contributed by atoms with E-state index in [4.69, 9.17) is 11.6 Å². The number of halogens is 1. The molecule has 0 unspecified atom stereocenters. The molecule has 0 aromatic heterocycles. The van der Waals surface area contributed by atoms with Gasteiger partial charge in [0.25, 0.3) is 0 Å². The lowest BCUT2D eigenvalue weighted by atomic mass is 10.1. The smallest absolute Gasteiger partial charge is 0.242 e. The van der Waals surface area contributed by atoms with Crippen LogP contribution in [-0.2, 0) is 26.2 Å². The lowest BCUT2D eigenvalue weighted by Gasteiger charge is -2.31. The van der Waals surface area contributed by atoms with Crippen molar-refractivity contribution < 1.29 is 18.0 Å². The molecular weight excluding hydrogens is 498 g/mol. The fourth-order valence-electron chi connectivity index (χ4n) is 3.98. The zero-order valence-electron chi connectivity index (χ0n) is 21.9. The largest absolute Gasteiger partial charge is 0.354 e. The highest BCUT2D eigenvalue weighted by Crippen LogP contribution is 2.23. The number of carbonyl (C=O) groups excluding carboxylic acids is 2. The minimum Gasteiger partial charge on any atom is -0.354 e. The molecule has 0 aliphatic carbocycles. The van der Waals surface area contributed by atoms with Gasteiger partial charge in [0.05, 0.1) is 11.9 Å². The Labute approximate surface area is 220 Å². The van der Waals surface area contributed by atoms with Crippen molar-refractivity contribution in [3.8, 4) is 0 Å². The Balaban J connectivity index is 2.23. The second kappa shape index (κ2) is 13.7. The molecule has 0 heterocycles. The lowest BCUT2D eigenvalue weighted by molar-refractivity contribution is -0.141.